The lowest BCUT2D eigenvalue weighted by Gasteiger charge is -2.32. The molecule has 0 unspecified atom stereocenters. The highest BCUT2D eigenvalue weighted by Crippen LogP contribution is 2.04. The molecule has 1 rings (SSSR count). The Bertz CT molecular complexity index is 105. The normalized spacial score (nSPS) is 22.1. The van der Waals surface area contributed by atoms with Gasteiger partial charge in [0.15, 0.2) is 0 Å². The van der Waals surface area contributed by atoms with Gasteiger partial charge < -0.3 is 0 Å². The molecule has 3 heteroatoms. The van der Waals surface area contributed by atoms with Gasteiger partial charge in [0.25, 0.3) is 0 Å². The van der Waals surface area contributed by atoms with Crippen LogP contribution in [-0.4, -0.2) is 36.6 Å². The summed E-state index contributed by atoms with van der Waals surface area (Å²) in [4.78, 5) is 10.3. The van der Waals surface area contributed by atoms with Crippen molar-refractivity contribution in [3.05, 3.63) is 0 Å². The Morgan fingerprint density at radius 2 is 2.00 bits per heavy atom. The second-order valence-electron chi connectivity index (χ2n) is 2.36. The summed E-state index contributed by atoms with van der Waals surface area (Å²) in [5.74, 6) is 0. The van der Waals surface area contributed by atoms with E-state index in [4.69, 9.17) is 0 Å². The minimum absolute atomic E-state index is 0.888. The topological polar surface area (TPSA) is 23.6 Å². The Morgan fingerprint density at radius 1 is 1.33 bits per heavy atom. The monoisotopic (exact) mass is 128 g/mol. The molecule has 0 radical (unpaired) electrons. The number of carbonyl (C=O) groups is 1. The van der Waals surface area contributed by atoms with E-state index in [1.165, 1.54) is 6.42 Å². The van der Waals surface area contributed by atoms with Crippen LogP contribution in [0.1, 0.15) is 12.8 Å². The van der Waals surface area contributed by atoms with Gasteiger partial charge in [-0.1, -0.05) is 0 Å². The van der Waals surface area contributed by atoms with Crippen LogP contribution in [0, 0.1) is 0 Å². The molecule has 3 nitrogen and oxygen atoms in total. The zero-order valence-corrected chi connectivity index (χ0v) is 5.71. The molecule has 52 valence electrons. The largest absolute Gasteiger partial charge is 0.278 e. The Labute approximate surface area is 55.2 Å². The van der Waals surface area contributed by atoms with E-state index in [-0.39, 0.29) is 0 Å². The zero-order chi connectivity index (χ0) is 6.69. The van der Waals surface area contributed by atoms with Crippen LogP contribution in [0.4, 0.5) is 0 Å². The van der Waals surface area contributed by atoms with E-state index >= 15 is 0 Å². The van der Waals surface area contributed by atoms with Crippen LogP contribution in [0.25, 0.3) is 0 Å². The summed E-state index contributed by atoms with van der Waals surface area (Å²) in [5, 5.41) is 3.67. The van der Waals surface area contributed by atoms with E-state index in [2.05, 4.69) is 0 Å². The third kappa shape index (κ3) is 1.42. The number of amides is 1. The van der Waals surface area contributed by atoms with E-state index in [0.29, 0.717) is 0 Å². The molecular formula is C6H12N2O. The van der Waals surface area contributed by atoms with E-state index in [1.54, 1.807) is 5.01 Å². The molecule has 0 atom stereocenters. The molecule has 0 saturated carbocycles. The lowest BCUT2D eigenvalue weighted by molar-refractivity contribution is -0.135. The molecule has 1 aliphatic rings. The molecule has 1 fully saturated rings. The van der Waals surface area contributed by atoms with Crippen molar-refractivity contribution in [1.82, 2.24) is 10.0 Å². The highest BCUT2D eigenvalue weighted by atomic mass is 16.1. The first-order chi connectivity index (χ1) is 4.34. The van der Waals surface area contributed by atoms with Crippen LogP contribution >= 0.6 is 0 Å². The van der Waals surface area contributed by atoms with Crippen LogP contribution in [-0.2, 0) is 4.79 Å². The molecule has 0 aliphatic carbocycles. The first kappa shape index (κ1) is 6.55. The molecule has 1 amide bonds. The molecule has 9 heavy (non-hydrogen) atoms. The Balaban J connectivity index is 2.38. The molecule has 1 saturated heterocycles. The standard InChI is InChI=1S/C6H12N2O/c1-7-4-2-3-5-8(7)6-9/h6H,2-5H2,1H3. The minimum atomic E-state index is 0.888. The van der Waals surface area contributed by atoms with Crippen LogP contribution in [0.3, 0.4) is 0 Å². The molecular weight excluding hydrogens is 116 g/mol. The van der Waals surface area contributed by atoms with Gasteiger partial charge >= 0.3 is 0 Å². The molecule has 1 aliphatic heterocycles. The van der Waals surface area contributed by atoms with E-state index in [9.17, 15) is 4.79 Å². The number of hydrogen-bond acceptors (Lipinski definition) is 2. The predicted molar refractivity (Wildman–Crippen MR) is 34.6 cm³/mol. The van der Waals surface area contributed by atoms with Gasteiger partial charge in [-0.25, -0.2) is 5.01 Å². The molecule has 0 aromatic carbocycles. The van der Waals surface area contributed by atoms with E-state index in [1.807, 2.05) is 12.1 Å². The fourth-order valence-electron chi connectivity index (χ4n) is 1.05. The summed E-state index contributed by atoms with van der Waals surface area (Å²) in [5.41, 5.74) is 0. The van der Waals surface area contributed by atoms with Crippen LogP contribution in [0.5, 0.6) is 0 Å². The van der Waals surface area contributed by atoms with Crippen molar-refractivity contribution in [2.24, 2.45) is 0 Å². The SMILES string of the molecule is CN1CCCCN1C=O. The maximum atomic E-state index is 10.3. The Hall–Kier alpha value is -0.570. The van der Waals surface area contributed by atoms with Gasteiger partial charge in [0, 0.05) is 20.1 Å². The number of hydrazine groups is 1. The fourth-order valence-corrected chi connectivity index (χ4v) is 1.05. The smallest absolute Gasteiger partial charge is 0.224 e. The van der Waals surface area contributed by atoms with E-state index in [0.717, 1.165) is 25.9 Å². The maximum absolute atomic E-state index is 10.3. The van der Waals surface area contributed by atoms with Crippen molar-refractivity contribution in [3.8, 4) is 0 Å². The second-order valence-corrected chi connectivity index (χ2v) is 2.36. The van der Waals surface area contributed by atoms with Crippen LogP contribution in [0.2, 0.25) is 0 Å². The molecule has 0 aromatic rings. The maximum Gasteiger partial charge on any atom is 0.224 e. The van der Waals surface area contributed by atoms with Crippen LogP contribution in [0.15, 0.2) is 0 Å². The number of hydrogen-bond donors (Lipinski definition) is 0. The highest BCUT2D eigenvalue weighted by Gasteiger charge is 2.12. The van der Waals surface area contributed by atoms with Gasteiger partial charge in [-0.3, -0.25) is 9.80 Å². The number of nitrogens with zero attached hydrogens (tertiary/aromatic N) is 2. The summed E-state index contributed by atoms with van der Waals surface area (Å²) in [6.45, 7) is 1.90. The summed E-state index contributed by atoms with van der Waals surface area (Å²) in [7, 11) is 1.94. The van der Waals surface area contributed by atoms with Gasteiger partial charge in [-0.15, -0.1) is 0 Å². The predicted octanol–water partition coefficient (Wildman–Crippen LogP) is 0.0854. The Kier molecular flexibility index (Phi) is 2.05. The lowest BCUT2D eigenvalue weighted by Crippen LogP contribution is -2.43. The summed E-state index contributed by atoms with van der Waals surface area (Å²) in [6, 6.07) is 0. The third-order valence-electron chi connectivity index (χ3n) is 1.68. The fraction of sp³-hybridized carbons (Fsp3) is 0.833. The second kappa shape index (κ2) is 2.82. The van der Waals surface area contributed by atoms with Crippen molar-refractivity contribution in [2.45, 2.75) is 12.8 Å². The summed E-state index contributed by atoms with van der Waals surface area (Å²) < 4.78 is 0. The van der Waals surface area contributed by atoms with Gasteiger partial charge in [0.2, 0.25) is 6.41 Å². The average molecular weight is 128 g/mol. The van der Waals surface area contributed by atoms with Crippen molar-refractivity contribution >= 4 is 6.41 Å². The van der Waals surface area contributed by atoms with Crippen molar-refractivity contribution in [2.75, 3.05) is 20.1 Å². The summed E-state index contributed by atoms with van der Waals surface area (Å²) in [6.07, 6.45) is 3.24. The zero-order valence-electron chi connectivity index (χ0n) is 5.71. The van der Waals surface area contributed by atoms with Crippen molar-refractivity contribution in [3.63, 3.8) is 0 Å². The van der Waals surface area contributed by atoms with Gasteiger partial charge in [-0.2, -0.15) is 0 Å². The highest BCUT2D eigenvalue weighted by molar-refractivity contribution is 5.46. The number of rotatable bonds is 1. The minimum Gasteiger partial charge on any atom is -0.278 e. The molecule has 0 N–H and O–H groups in total. The Morgan fingerprint density at radius 3 is 2.44 bits per heavy atom. The number of carbonyl (C=O) groups excluding carboxylic acids is 1. The van der Waals surface area contributed by atoms with Gasteiger partial charge in [0.1, 0.15) is 0 Å². The molecule has 0 aromatic heterocycles. The van der Waals surface area contributed by atoms with Crippen molar-refractivity contribution < 1.29 is 4.79 Å². The molecule has 0 spiro atoms. The van der Waals surface area contributed by atoms with E-state index < -0.39 is 0 Å². The lowest BCUT2D eigenvalue weighted by atomic mass is 10.2. The van der Waals surface area contributed by atoms with Crippen molar-refractivity contribution in [1.29, 1.82) is 0 Å². The third-order valence-corrected chi connectivity index (χ3v) is 1.68. The van der Waals surface area contributed by atoms with Gasteiger partial charge in [0.05, 0.1) is 0 Å². The quantitative estimate of drug-likeness (QED) is 0.467. The molecule has 0 bridgehead atoms. The van der Waals surface area contributed by atoms with Crippen LogP contribution < -0.4 is 0 Å². The summed E-state index contributed by atoms with van der Waals surface area (Å²) >= 11 is 0. The first-order valence-electron chi connectivity index (χ1n) is 3.27. The first-order valence-corrected chi connectivity index (χ1v) is 3.27. The average Bonchev–Trinajstić information content (AvgIpc) is 1.89. The molecule has 1 heterocycles. The van der Waals surface area contributed by atoms with Gasteiger partial charge in [-0.05, 0) is 12.8 Å².